The Morgan fingerprint density at radius 2 is 2.08 bits per heavy atom. The lowest BCUT2D eigenvalue weighted by atomic mass is 9.89. The van der Waals surface area contributed by atoms with Gasteiger partial charge in [-0.25, -0.2) is 0 Å². The molecule has 0 aromatic carbocycles. The van der Waals surface area contributed by atoms with E-state index in [0.717, 1.165) is 0 Å². The van der Waals surface area contributed by atoms with Gasteiger partial charge in [-0.2, -0.15) is 0 Å². The van der Waals surface area contributed by atoms with E-state index < -0.39 is 18.0 Å². The van der Waals surface area contributed by atoms with Crippen LogP contribution < -0.4 is 5.32 Å². The smallest absolute Gasteiger partial charge is 0.321 e. The number of rotatable bonds is 3. The van der Waals surface area contributed by atoms with E-state index in [-0.39, 0.29) is 18.3 Å². The summed E-state index contributed by atoms with van der Waals surface area (Å²) in [6.07, 6.45) is -0.0782. The van der Waals surface area contributed by atoms with Gasteiger partial charge in [-0.05, 0) is 18.4 Å². The highest BCUT2D eigenvalue weighted by Crippen LogP contribution is 2.25. The maximum absolute atomic E-state index is 10.7. The Bertz CT molecular complexity index is 228. The zero-order chi connectivity index (χ0) is 10.0. The lowest BCUT2D eigenvalue weighted by Crippen LogP contribution is -2.36. The number of nitrogens with one attached hydrogen (secondary N) is 1. The summed E-state index contributed by atoms with van der Waals surface area (Å²) in [4.78, 5) is 21.1. The minimum atomic E-state index is -0.962. The molecule has 0 aliphatic carbocycles. The van der Waals surface area contributed by atoms with Crippen molar-refractivity contribution in [2.24, 2.45) is 11.8 Å². The molecule has 0 amide bonds. The molecular formula is C8H13NO4. The van der Waals surface area contributed by atoms with Crippen LogP contribution in [0.2, 0.25) is 0 Å². The highest BCUT2D eigenvalue weighted by atomic mass is 16.4. The molecule has 0 bridgehead atoms. The monoisotopic (exact) mass is 187 g/mol. The Kier molecular flexibility index (Phi) is 2.87. The third kappa shape index (κ3) is 2.18. The Morgan fingerprint density at radius 3 is 2.54 bits per heavy atom. The molecule has 3 atom stereocenters. The van der Waals surface area contributed by atoms with Crippen molar-refractivity contribution in [1.82, 2.24) is 5.32 Å². The summed E-state index contributed by atoms with van der Waals surface area (Å²) in [5.41, 5.74) is 0. The van der Waals surface area contributed by atoms with E-state index >= 15 is 0 Å². The van der Waals surface area contributed by atoms with Gasteiger partial charge in [0.2, 0.25) is 0 Å². The van der Waals surface area contributed by atoms with E-state index in [4.69, 9.17) is 10.2 Å². The third-order valence-corrected chi connectivity index (χ3v) is 2.50. The molecule has 0 saturated carbocycles. The molecule has 0 spiro atoms. The number of hydrogen-bond donors (Lipinski definition) is 3. The van der Waals surface area contributed by atoms with E-state index in [2.05, 4.69) is 5.32 Å². The average Bonchev–Trinajstić information content (AvgIpc) is 2.32. The van der Waals surface area contributed by atoms with Gasteiger partial charge in [0.1, 0.15) is 6.04 Å². The topological polar surface area (TPSA) is 86.6 Å². The molecule has 1 aliphatic heterocycles. The molecule has 5 heteroatoms. The molecule has 1 rings (SSSR count). The summed E-state index contributed by atoms with van der Waals surface area (Å²) in [6, 6.07) is -0.703. The predicted octanol–water partition coefficient (Wildman–Crippen LogP) is -0.230. The summed E-state index contributed by atoms with van der Waals surface area (Å²) in [6.45, 7) is 2.44. The molecule has 0 radical (unpaired) electrons. The van der Waals surface area contributed by atoms with Crippen LogP contribution in [0.3, 0.4) is 0 Å². The minimum Gasteiger partial charge on any atom is -0.481 e. The van der Waals surface area contributed by atoms with Crippen molar-refractivity contribution in [2.75, 3.05) is 6.54 Å². The largest absolute Gasteiger partial charge is 0.481 e. The van der Waals surface area contributed by atoms with E-state index in [1.165, 1.54) is 0 Å². The Morgan fingerprint density at radius 1 is 1.46 bits per heavy atom. The lowest BCUT2D eigenvalue weighted by molar-refractivity contribution is -0.142. The molecule has 1 aliphatic rings. The van der Waals surface area contributed by atoms with Crippen LogP contribution in [0.25, 0.3) is 0 Å². The second kappa shape index (κ2) is 3.74. The molecule has 74 valence electrons. The maximum Gasteiger partial charge on any atom is 0.321 e. The molecule has 0 aromatic rings. The zero-order valence-corrected chi connectivity index (χ0v) is 7.36. The average molecular weight is 187 g/mol. The van der Waals surface area contributed by atoms with Crippen molar-refractivity contribution in [3.63, 3.8) is 0 Å². The van der Waals surface area contributed by atoms with Crippen LogP contribution in [0.4, 0.5) is 0 Å². The fraction of sp³-hybridized carbons (Fsp3) is 0.750. The first-order chi connectivity index (χ1) is 6.02. The molecule has 0 aromatic heterocycles. The quantitative estimate of drug-likeness (QED) is 0.568. The summed E-state index contributed by atoms with van der Waals surface area (Å²) in [7, 11) is 0. The molecule has 13 heavy (non-hydrogen) atoms. The fourth-order valence-electron chi connectivity index (χ4n) is 1.74. The van der Waals surface area contributed by atoms with Gasteiger partial charge < -0.3 is 15.5 Å². The summed E-state index contributed by atoms with van der Waals surface area (Å²) in [5.74, 6) is -2.09. The minimum absolute atomic E-state index is 0.0782. The zero-order valence-electron chi connectivity index (χ0n) is 7.36. The fourth-order valence-corrected chi connectivity index (χ4v) is 1.74. The predicted molar refractivity (Wildman–Crippen MR) is 44.3 cm³/mol. The molecule has 1 saturated heterocycles. The van der Waals surface area contributed by atoms with Crippen molar-refractivity contribution in [2.45, 2.75) is 19.4 Å². The van der Waals surface area contributed by atoms with E-state index in [0.29, 0.717) is 6.54 Å². The number of carboxylic acids is 2. The van der Waals surface area contributed by atoms with Crippen LogP contribution in [0.15, 0.2) is 0 Å². The molecular weight excluding hydrogens is 174 g/mol. The number of carbonyl (C=O) groups is 2. The Balaban J connectivity index is 2.65. The number of aliphatic carboxylic acids is 2. The normalized spacial score (nSPS) is 33.2. The second-order valence-electron chi connectivity index (χ2n) is 3.46. The van der Waals surface area contributed by atoms with Crippen LogP contribution in [-0.4, -0.2) is 34.7 Å². The number of carboxylic acid groups (broad SMARTS) is 2. The third-order valence-electron chi connectivity index (χ3n) is 2.50. The first-order valence-corrected chi connectivity index (χ1v) is 4.20. The number of hydrogen-bond acceptors (Lipinski definition) is 3. The second-order valence-corrected chi connectivity index (χ2v) is 3.46. The Hall–Kier alpha value is -1.10. The molecule has 0 unspecified atom stereocenters. The van der Waals surface area contributed by atoms with Crippen LogP contribution in [0.5, 0.6) is 0 Å². The summed E-state index contributed by atoms with van der Waals surface area (Å²) in [5, 5.41) is 20.1. The van der Waals surface area contributed by atoms with Crippen molar-refractivity contribution >= 4 is 11.9 Å². The van der Waals surface area contributed by atoms with Crippen molar-refractivity contribution in [3.8, 4) is 0 Å². The van der Waals surface area contributed by atoms with E-state index in [1.807, 2.05) is 6.92 Å². The van der Waals surface area contributed by atoms with Gasteiger partial charge in [0.25, 0.3) is 0 Å². The lowest BCUT2D eigenvalue weighted by Gasteiger charge is -2.16. The first-order valence-electron chi connectivity index (χ1n) is 4.20. The first kappa shape index (κ1) is 9.98. The highest BCUT2D eigenvalue weighted by molar-refractivity contribution is 5.76. The van der Waals surface area contributed by atoms with Crippen molar-refractivity contribution < 1.29 is 19.8 Å². The maximum atomic E-state index is 10.7. The van der Waals surface area contributed by atoms with Crippen molar-refractivity contribution in [1.29, 1.82) is 0 Å². The van der Waals surface area contributed by atoms with Gasteiger partial charge in [0.15, 0.2) is 0 Å². The molecule has 1 heterocycles. The molecule has 3 N–H and O–H groups in total. The van der Waals surface area contributed by atoms with Gasteiger partial charge in [-0.15, -0.1) is 0 Å². The van der Waals surface area contributed by atoms with Gasteiger partial charge in [0, 0.05) is 0 Å². The van der Waals surface area contributed by atoms with Gasteiger partial charge in [-0.3, -0.25) is 9.59 Å². The van der Waals surface area contributed by atoms with Gasteiger partial charge in [-0.1, -0.05) is 6.92 Å². The SMILES string of the molecule is C[C@H]1CN[C@H](C(=O)O)[C@H]1CC(=O)O. The van der Waals surface area contributed by atoms with Crippen LogP contribution in [-0.2, 0) is 9.59 Å². The van der Waals surface area contributed by atoms with E-state index in [9.17, 15) is 9.59 Å². The van der Waals surface area contributed by atoms with Crippen molar-refractivity contribution in [3.05, 3.63) is 0 Å². The van der Waals surface area contributed by atoms with Gasteiger partial charge >= 0.3 is 11.9 Å². The van der Waals surface area contributed by atoms with E-state index in [1.54, 1.807) is 0 Å². The standard InChI is InChI=1S/C8H13NO4/c1-4-3-9-7(8(12)13)5(4)2-6(10)11/h4-5,7,9H,2-3H2,1H3,(H,10,11)(H,12,13)/t4-,5-,7-/m0/s1. The highest BCUT2D eigenvalue weighted by Gasteiger charge is 2.38. The Labute approximate surface area is 75.7 Å². The molecule has 1 fully saturated rings. The summed E-state index contributed by atoms with van der Waals surface area (Å²) >= 11 is 0. The van der Waals surface area contributed by atoms with Gasteiger partial charge in [0.05, 0.1) is 6.42 Å². The van der Waals surface area contributed by atoms with Crippen LogP contribution in [0, 0.1) is 11.8 Å². The van der Waals surface area contributed by atoms with Crippen LogP contribution >= 0.6 is 0 Å². The molecule has 5 nitrogen and oxygen atoms in total. The van der Waals surface area contributed by atoms with Crippen LogP contribution in [0.1, 0.15) is 13.3 Å². The summed E-state index contributed by atoms with van der Waals surface area (Å²) < 4.78 is 0.